The maximum Gasteiger partial charge on any atom is 0.237 e. The van der Waals surface area contributed by atoms with E-state index in [2.05, 4.69) is 5.32 Å². The Labute approximate surface area is 91.5 Å². The van der Waals surface area contributed by atoms with Crippen molar-refractivity contribution in [2.24, 2.45) is 5.73 Å². The number of carbonyl (C=O) groups excluding carboxylic acids is 1. The predicted molar refractivity (Wildman–Crippen MR) is 59.5 cm³/mol. The zero-order chi connectivity index (χ0) is 11.3. The third kappa shape index (κ3) is 3.80. The van der Waals surface area contributed by atoms with Crippen LogP contribution in [-0.4, -0.2) is 31.2 Å². The van der Waals surface area contributed by atoms with E-state index in [1.807, 2.05) is 6.92 Å². The fourth-order valence-corrected chi connectivity index (χ4v) is 2.04. The fraction of sp³-hybridized carbons (Fsp3) is 0.909. The van der Waals surface area contributed by atoms with Gasteiger partial charge in [-0.3, -0.25) is 4.79 Å². The van der Waals surface area contributed by atoms with E-state index in [0.29, 0.717) is 6.10 Å². The molecule has 2 unspecified atom stereocenters. The average molecular weight is 214 g/mol. The van der Waals surface area contributed by atoms with Crippen LogP contribution in [0.2, 0.25) is 0 Å². The lowest BCUT2D eigenvalue weighted by molar-refractivity contribution is -0.123. The summed E-state index contributed by atoms with van der Waals surface area (Å²) in [6.07, 6.45) is 4.96. The van der Waals surface area contributed by atoms with E-state index in [4.69, 9.17) is 10.5 Å². The summed E-state index contributed by atoms with van der Waals surface area (Å²) in [5.41, 5.74) is 5.73. The second-order valence-electron chi connectivity index (χ2n) is 4.27. The Bertz CT molecular complexity index is 209. The van der Waals surface area contributed by atoms with Gasteiger partial charge >= 0.3 is 0 Å². The quantitative estimate of drug-likeness (QED) is 0.711. The van der Waals surface area contributed by atoms with Crippen LogP contribution in [0.3, 0.4) is 0 Å². The Morgan fingerprint density at radius 2 is 2.33 bits per heavy atom. The molecule has 1 amide bonds. The summed E-state index contributed by atoms with van der Waals surface area (Å²) in [7, 11) is 1.72. The molecule has 88 valence electrons. The van der Waals surface area contributed by atoms with Crippen LogP contribution < -0.4 is 11.1 Å². The predicted octanol–water partition coefficient (Wildman–Crippen LogP) is 0.797. The lowest BCUT2D eigenvalue weighted by Crippen LogP contribution is -2.44. The van der Waals surface area contributed by atoms with Crippen LogP contribution in [0.4, 0.5) is 0 Å². The van der Waals surface area contributed by atoms with Crippen LogP contribution in [0, 0.1) is 0 Å². The molecule has 0 aromatic carbocycles. The second kappa shape index (κ2) is 6.08. The molecule has 0 radical (unpaired) electrons. The summed E-state index contributed by atoms with van der Waals surface area (Å²) in [4.78, 5) is 11.6. The van der Waals surface area contributed by atoms with Gasteiger partial charge in [0.25, 0.3) is 0 Å². The van der Waals surface area contributed by atoms with Crippen molar-refractivity contribution in [2.75, 3.05) is 7.11 Å². The standard InChI is InChI=1S/C11H22N2O2/c1-3-4-10(12)11(14)13-8-5-6-9(7-8)15-2/h8-10H,3-7,12H2,1-2H3,(H,13,14)/t8?,9?,10-/m1/s1. The maximum atomic E-state index is 11.6. The average Bonchev–Trinajstić information content (AvgIpc) is 2.66. The van der Waals surface area contributed by atoms with E-state index < -0.39 is 0 Å². The minimum absolute atomic E-state index is 0.0152. The number of carbonyl (C=O) groups is 1. The van der Waals surface area contributed by atoms with Crippen LogP contribution in [0.1, 0.15) is 39.0 Å². The van der Waals surface area contributed by atoms with Crippen LogP contribution in [0.5, 0.6) is 0 Å². The van der Waals surface area contributed by atoms with Gasteiger partial charge in [-0.2, -0.15) is 0 Å². The molecule has 0 spiro atoms. The number of nitrogens with one attached hydrogen (secondary N) is 1. The van der Waals surface area contributed by atoms with Gasteiger partial charge in [-0.25, -0.2) is 0 Å². The molecule has 3 N–H and O–H groups in total. The van der Waals surface area contributed by atoms with Crippen molar-refractivity contribution in [2.45, 2.75) is 57.2 Å². The minimum atomic E-state index is -0.350. The van der Waals surface area contributed by atoms with Crippen LogP contribution >= 0.6 is 0 Å². The Morgan fingerprint density at radius 3 is 2.87 bits per heavy atom. The highest BCUT2D eigenvalue weighted by Gasteiger charge is 2.26. The molecule has 15 heavy (non-hydrogen) atoms. The van der Waals surface area contributed by atoms with E-state index in [0.717, 1.165) is 32.1 Å². The summed E-state index contributed by atoms with van der Waals surface area (Å²) in [5.74, 6) is -0.0152. The lowest BCUT2D eigenvalue weighted by Gasteiger charge is -2.16. The molecule has 1 fully saturated rings. The number of hydrogen-bond acceptors (Lipinski definition) is 3. The largest absolute Gasteiger partial charge is 0.381 e. The van der Waals surface area contributed by atoms with Crippen molar-refractivity contribution in [1.82, 2.24) is 5.32 Å². The van der Waals surface area contributed by atoms with Crippen molar-refractivity contribution in [1.29, 1.82) is 0 Å². The first-order valence-electron chi connectivity index (χ1n) is 5.76. The third-order valence-corrected chi connectivity index (χ3v) is 3.00. The topological polar surface area (TPSA) is 64.4 Å². The van der Waals surface area contributed by atoms with E-state index >= 15 is 0 Å². The molecule has 0 heterocycles. The number of hydrogen-bond donors (Lipinski definition) is 2. The molecular formula is C11H22N2O2. The van der Waals surface area contributed by atoms with Gasteiger partial charge in [0.15, 0.2) is 0 Å². The van der Waals surface area contributed by atoms with Gasteiger partial charge in [0.1, 0.15) is 0 Å². The third-order valence-electron chi connectivity index (χ3n) is 3.00. The van der Waals surface area contributed by atoms with Gasteiger partial charge in [-0.05, 0) is 25.7 Å². The zero-order valence-electron chi connectivity index (χ0n) is 9.66. The highest BCUT2D eigenvalue weighted by molar-refractivity contribution is 5.81. The van der Waals surface area contributed by atoms with Gasteiger partial charge in [0.05, 0.1) is 12.1 Å². The second-order valence-corrected chi connectivity index (χ2v) is 4.27. The summed E-state index contributed by atoms with van der Waals surface area (Å²) in [6.45, 7) is 2.03. The van der Waals surface area contributed by atoms with Crippen LogP contribution in [-0.2, 0) is 9.53 Å². The van der Waals surface area contributed by atoms with E-state index in [9.17, 15) is 4.79 Å². The molecule has 1 aliphatic carbocycles. The van der Waals surface area contributed by atoms with E-state index in [1.165, 1.54) is 0 Å². The van der Waals surface area contributed by atoms with Gasteiger partial charge in [0.2, 0.25) is 5.91 Å². The fourth-order valence-electron chi connectivity index (χ4n) is 2.04. The molecule has 1 saturated carbocycles. The number of nitrogens with two attached hydrogens (primary N) is 1. The first-order chi connectivity index (χ1) is 7.17. The summed E-state index contributed by atoms with van der Waals surface area (Å²) < 4.78 is 5.25. The normalized spacial score (nSPS) is 27.7. The zero-order valence-corrected chi connectivity index (χ0v) is 9.66. The molecule has 1 aliphatic rings. The Morgan fingerprint density at radius 1 is 1.60 bits per heavy atom. The molecule has 0 aromatic rings. The van der Waals surface area contributed by atoms with Crippen molar-refractivity contribution < 1.29 is 9.53 Å². The lowest BCUT2D eigenvalue weighted by atomic mass is 10.1. The Balaban J connectivity index is 2.27. The van der Waals surface area contributed by atoms with Gasteiger partial charge < -0.3 is 15.8 Å². The summed E-state index contributed by atoms with van der Waals surface area (Å²) in [6, 6.07) is -0.0954. The van der Waals surface area contributed by atoms with Gasteiger partial charge in [-0.1, -0.05) is 13.3 Å². The highest BCUT2D eigenvalue weighted by atomic mass is 16.5. The first-order valence-corrected chi connectivity index (χ1v) is 5.76. The molecule has 0 aromatic heterocycles. The molecule has 0 bridgehead atoms. The number of amides is 1. The number of methoxy groups -OCH3 is 1. The maximum absolute atomic E-state index is 11.6. The molecule has 0 saturated heterocycles. The van der Waals surface area contributed by atoms with Crippen molar-refractivity contribution in [3.63, 3.8) is 0 Å². The molecule has 4 nitrogen and oxygen atoms in total. The molecule has 3 atom stereocenters. The van der Waals surface area contributed by atoms with E-state index in [1.54, 1.807) is 7.11 Å². The van der Waals surface area contributed by atoms with Crippen molar-refractivity contribution >= 4 is 5.91 Å². The molecule has 1 rings (SSSR count). The van der Waals surface area contributed by atoms with Gasteiger partial charge in [0, 0.05) is 13.2 Å². The monoisotopic (exact) mass is 214 g/mol. The number of rotatable bonds is 5. The Hall–Kier alpha value is -0.610. The van der Waals surface area contributed by atoms with Crippen molar-refractivity contribution in [3.05, 3.63) is 0 Å². The number of ether oxygens (including phenoxy) is 1. The highest BCUT2D eigenvalue weighted by Crippen LogP contribution is 2.21. The van der Waals surface area contributed by atoms with Crippen LogP contribution in [0.15, 0.2) is 0 Å². The summed E-state index contributed by atoms with van der Waals surface area (Å²) in [5, 5.41) is 2.98. The Kier molecular flexibility index (Phi) is 5.05. The minimum Gasteiger partial charge on any atom is -0.381 e. The SMILES string of the molecule is CCC[C@@H](N)C(=O)NC1CCC(OC)C1. The molecular weight excluding hydrogens is 192 g/mol. The first kappa shape index (κ1) is 12.5. The smallest absolute Gasteiger partial charge is 0.237 e. The summed E-state index contributed by atoms with van der Waals surface area (Å²) >= 11 is 0. The van der Waals surface area contributed by atoms with Gasteiger partial charge in [-0.15, -0.1) is 0 Å². The van der Waals surface area contributed by atoms with E-state index in [-0.39, 0.29) is 18.0 Å². The molecule has 0 aliphatic heterocycles. The van der Waals surface area contributed by atoms with Crippen LogP contribution in [0.25, 0.3) is 0 Å². The van der Waals surface area contributed by atoms with Crippen molar-refractivity contribution in [3.8, 4) is 0 Å². The molecule has 4 heteroatoms.